The number of likely N-dealkylation sites (tertiary alicyclic amines) is 1. The number of nitrogens with zero attached hydrogens (tertiary/aromatic N) is 1. The van der Waals surface area contributed by atoms with E-state index in [-0.39, 0.29) is 0 Å². The van der Waals surface area contributed by atoms with Crippen LogP contribution in [-0.4, -0.2) is 30.6 Å². The Morgan fingerprint density at radius 3 is 2.64 bits per heavy atom. The highest BCUT2D eigenvalue weighted by molar-refractivity contribution is 4.87. The molecule has 2 fully saturated rings. The first-order valence-corrected chi connectivity index (χ1v) is 6.05. The van der Waals surface area contributed by atoms with E-state index in [1.807, 2.05) is 0 Å². The van der Waals surface area contributed by atoms with Crippen molar-refractivity contribution in [1.29, 1.82) is 0 Å². The molecular formula is C12H24N2. The van der Waals surface area contributed by atoms with E-state index in [2.05, 4.69) is 18.7 Å². The molecule has 1 aliphatic carbocycles. The Kier molecular flexibility index (Phi) is 2.85. The Labute approximate surface area is 87.8 Å². The highest BCUT2D eigenvalue weighted by atomic mass is 15.2. The lowest BCUT2D eigenvalue weighted by Crippen LogP contribution is -2.31. The fourth-order valence-corrected chi connectivity index (χ4v) is 2.51. The maximum absolute atomic E-state index is 6.10. The third kappa shape index (κ3) is 2.71. The quantitative estimate of drug-likeness (QED) is 0.743. The van der Waals surface area contributed by atoms with Crippen molar-refractivity contribution < 1.29 is 0 Å². The molecule has 0 aromatic heterocycles. The van der Waals surface area contributed by atoms with Crippen LogP contribution in [0, 0.1) is 11.3 Å². The molecule has 2 heteroatoms. The van der Waals surface area contributed by atoms with Crippen molar-refractivity contribution in [2.24, 2.45) is 17.1 Å². The van der Waals surface area contributed by atoms with Gasteiger partial charge in [0.25, 0.3) is 0 Å². The Morgan fingerprint density at radius 1 is 1.43 bits per heavy atom. The molecule has 1 atom stereocenters. The first-order chi connectivity index (χ1) is 6.57. The standard InChI is InChI=1S/C12H24N2/c1-12(2)6-8-14(9-12)7-5-11(13)10-3-4-10/h10-11H,3-9,13H2,1-2H3. The Morgan fingerprint density at radius 2 is 2.14 bits per heavy atom. The third-order valence-corrected chi connectivity index (χ3v) is 3.76. The molecule has 0 amide bonds. The smallest absolute Gasteiger partial charge is 0.00793 e. The molecule has 0 aromatic rings. The van der Waals surface area contributed by atoms with Gasteiger partial charge in [-0.1, -0.05) is 13.8 Å². The molecule has 0 aromatic carbocycles. The summed E-state index contributed by atoms with van der Waals surface area (Å²) in [5.41, 5.74) is 6.64. The molecule has 0 radical (unpaired) electrons. The summed E-state index contributed by atoms with van der Waals surface area (Å²) in [4.78, 5) is 2.59. The first kappa shape index (κ1) is 10.4. The van der Waals surface area contributed by atoms with Crippen LogP contribution in [0.5, 0.6) is 0 Å². The van der Waals surface area contributed by atoms with E-state index in [9.17, 15) is 0 Å². The summed E-state index contributed by atoms with van der Waals surface area (Å²) in [6.45, 7) is 8.51. The van der Waals surface area contributed by atoms with Crippen molar-refractivity contribution in [3.8, 4) is 0 Å². The van der Waals surface area contributed by atoms with Gasteiger partial charge in [-0.25, -0.2) is 0 Å². The summed E-state index contributed by atoms with van der Waals surface area (Å²) in [5.74, 6) is 0.866. The zero-order chi connectivity index (χ0) is 10.2. The first-order valence-electron chi connectivity index (χ1n) is 6.05. The molecule has 14 heavy (non-hydrogen) atoms. The van der Waals surface area contributed by atoms with Crippen molar-refractivity contribution in [1.82, 2.24) is 4.90 Å². The molecule has 1 heterocycles. The monoisotopic (exact) mass is 196 g/mol. The molecule has 82 valence electrons. The fourth-order valence-electron chi connectivity index (χ4n) is 2.51. The molecule has 2 nitrogen and oxygen atoms in total. The van der Waals surface area contributed by atoms with Crippen LogP contribution in [0.4, 0.5) is 0 Å². The predicted molar refractivity (Wildman–Crippen MR) is 60.2 cm³/mol. The van der Waals surface area contributed by atoms with E-state index in [0.29, 0.717) is 11.5 Å². The van der Waals surface area contributed by atoms with Crippen LogP contribution in [-0.2, 0) is 0 Å². The second kappa shape index (κ2) is 3.82. The summed E-state index contributed by atoms with van der Waals surface area (Å²) < 4.78 is 0. The van der Waals surface area contributed by atoms with Gasteiger partial charge >= 0.3 is 0 Å². The van der Waals surface area contributed by atoms with Crippen molar-refractivity contribution in [3.63, 3.8) is 0 Å². The zero-order valence-electron chi connectivity index (χ0n) is 9.63. The Bertz CT molecular complexity index is 196. The van der Waals surface area contributed by atoms with E-state index in [4.69, 9.17) is 5.73 Å². The number of hydrogen-bond donors (Lipinski definition) is 1. The molecule has 0 spiro atoms. The number of rotatable bonds is 4. The average Bonchev–Trinajstić information content (AvgIpc) is 2.88. The SMILES string of the molecule is CC1(C)CCN(CCC(N)C2CC2)C1. The molecule has 1 unspecified atom stereocenters. The van der Waals surface area contributed by atoms with Crippen LogP contribution in [0.3, 0.4) is 0 Å². The van der Waals surface area contributed by atoms with Gasteiger partial charge in [-0.15, -0.1) is 0 Å². The van der Waals surface area contributed by atoms with E-state index in [0.717, 1.165) is 5.92 Å². The van der Waals surface area contributed by atoms with Crippen LogP contribution >= 0.6 is 0 Å². The number of nitrogens with two attached hydrogens (primary N) is 1. The second-order valence-electron chi connectivity index (χ2n) is 5.98. The highest BCUT2D eigenvalue weighted by Gasteiger charge is 2.31. The summed E-state index contributed by atoms with van der Waals surface area (Å²) >= 11 is 0. The van der Waals surface area contributed by atoms with E-state index < -0.39 is 0 Å². The van der Waals surface area contributed by atoms with Crippen molar-refractivity contribution >= 4 is 0 Å². The van der Waals surface area contributed by atoms with Gasteiger partial charge in [0, 0.05) is 12.6 Å². The molecule has 1 saturated carbocycles. The summed E-state index contributed by atoms with van der Waals surface area (Å²) in [6.07, 6.45) is 5.33. The van der Waals surface area contributed by atoms with Crippen LogP contribution in [0.15, 0.2) is 0 Å². The third-order valence-electron chi connectivity index (χ3n) is 3.76. The van der Waals surface area contributed by atoms with Gasteiger partial charge in [0.05, 0.1) is 0 Å². The minimum Gasteiger partial charge on any atom is -0.327 e. The largest absolute Gasteiger partial charge is 0.327 e. The Balaban J connectivity index is 1.66. The lowest BCUT2D eigenvalue weighted by atomic mass is 9.93. The summed E-state index contributed by atoms with van der Waals surface area (Å²) in [7, 11) is 0. The van der Waals surface area contributed by atoms with Crippen LogP contribution < -0.4 is 5.73 Å². The zero-order valence-corrected chi connectivity index (χ0v) is 9.63. The fraction of sp³-hybridized carbons (Fsp3) is 1.00. The molecule has 2 rings (SSSR count). The topological polar surface area (TPSA) is 29.3 Å². The van der Waals surface area contributed by atoms with Gasteiger partial charge in [-0.2, -0.15) is 0 Å². The van der Waals surface area contributed by atoms with Gasteiger partial charge < -0.3 is 10.6 Å². The van der Waals surface area contributed by atoms with Gasteiger partial charge in [-0.05, 0) is 50.1 Å². The Hall–Kier alpha value is -0.0800. The van der Waals surface area contributed by atoms with E-state index in [1.54, 1.807) is 0 Å². The van der Waals surface area contributed by atoms with Gasteiger partial charge in [0.1, 0.15) is 0 Å². The maximum atomic E-state index is 6.10. The van der Waals surface area contributed by atoms with Crippen LogP contribution in [0.25, 0.3) is 0 Å². The van der Waals surface area contributed by atoms with Gasteiger partial charge in [-0.3, -0.25) is 0 Å². The second-order valence-corrected chi connectivity index (χ2v) is 5.98. The lowest BCUT2D eigenvalue weighted by Gasteiger charge is -2.21. The van der Waals surface area contributed by atoms with Gasteiger partial charge in [0.2, 0.25) is 0 Å². The molecular weight excluding hydrogens is 172 g/mol. The normalized spacial score (nSPS) is 29.4. The van der Waals surface area contributed by atoms with Crippen molar-refractivity contribution in [3.05, 3.63) is 0 Å². The molecule has 2 aliphatic rings. The van der Waals surface area contributed by atoms with E-state index in [1.165, 1.54) is 45.3 Å². The van der Waals surface area contributed by atoms with Crippen molar-refractivity contribution in [2.45, 2.75) is 45.6 Å². The predicted octanol–water partition coefficient (Wildman–Crippen LogP) is 1.85. The molecule has 1 aliphatic heterocycles. The molecule has 1 saturated heterocycles. The maximum Gasteiger partial charge on any atom is 0.00793 e. The number of hydrogen-bond acceptors (Lipinski definition) is 2. The van der Waals surface area contributed by atoms with Crippen molar-refractivity contribution in [2.75, 3.05) is 19.6 Å². The average molecular weight is 196 g/mol. The minimum absolute atomic E-state index is 0.485. The van der Waals surface area contributed by atoms with Crippen LogP contribution in [0.1, 0.15) is 39.5 Å². The van der Waals surface area contributed by atoms with Gasteiger partial charge in [0.15, 0.2) is 0 Å². The highest BCUT2D eigenvalue weighted by Crippen LogP contribution is 2.33. The molecule has 2 N–H and O–H groups in total. The molecule has 0 bridgehead atoms. The summed E-state index contributed by atoms with van der Waals surface area (Å²) in [5, 5.41) is 0. The van der Waals surface area contributed by atoms with Crippen LogP contribution in [0.2, 0.25) is 0 Å². The lowest BCUT2D eigenvalue weighted by molar-refractivity contribution is 0.277. The van der Waals surface area contributed by atoms with E-state index >= 15 is 0 Å². The summed E-state index contributed by atoms with van der Waals surface area (Å²) in [6, 6.07) is 0.485. The minimum atomic E-state index is 0.485.